The first kappa shape index (κ1) is 12.2. The second-order valence-electron chi connectivity index (χ2n) is 4.85. The van der Waals surface area contributed by atoms with E-state index in [0.29, 0.717) is 16.3 Å². The molecule has 0 unspecified atom stereocenters. The molecule has 0 bridgehead atoms. The third-order valence-corrected chi connectivity index (χ3v) is 4.68. The summed E-state index contributed by atoms with van der Waals surface area (Å²) in [5, 5.41) is 1.24. The number of nitrogens with one attached hydrogen (secondary N) is 1. The van der Waals surface area contributed by atoms with Crippen LogP contribution in [0.5, 0.6) is 0 Å². The molecule has 0 radical (unpaired) electrons. The van der Waals surface area contributed by atoms with Gasteiger partial charge in [-0.3, -0.25) is 4.79 Å². The number of aromatic nitrogens is 1. The maximum Gasteiger partial charge on any atom is 0.190 e. The summed E-state index contributed by atoms with van der Waals surface area (Å²) >= 11 is 9.60. The number of hydrogen-bond acceptors (Lipinski definition) is 1. The van der Waals surface area contributed by atoms with E-state index in [1.54, 1.807) is 6.07 Å². The van der Waals surface area contributed by atoms with Crippen LogP contribution in [-0.2, 0) is 0 Å². The molecule has 1 aromatic carbocycles. The normalized spacial score (nSPS) is 16.6. The Morgan fingerprint density at radius 1 is 1.28 bits per heavy atom. The SMILES string of the molecule is O=c1cc(C2CCCC2)[nH]c2c(Cl)ccc(Br)c12. The van der Waals surface area contributed by atoms with E-state index in [0.717, 1.165) is 28.5 Å². The molecule has 2 aromatic rings. The molecule has 4 heteroatoms. The smallest absolute Gasteiger partial charge is 0.190 e. The summed E-state index contributed by atoms with van der Waals surface area (Å²) in [6.45, 7) is 0. The Kier molecular flexibility index (Phi) is 3.20. The molecule has 94 valence electrons. The van der Waals surface area contributed by atoms with Crippen molar-refractivity contribution in [2.45, 2.75) is 31.6 Å². The topological polar surface area (TPSA) is 32.9 Å². The van der Waals surface area contributed by atoms with Gasteiger partial charge in [0.15, 0.2) is 5.43 Å². The number of halogens is 2. The van der Waals surface area contributed by atoms with Gasteiger partial charge in [-0.15, -0.1) is 0 Å². The van der Waals surface area contributed by atoms with Crippen LogP contribution in [0.3, 0.4) is 0 Å². The first-order valence-corrected chi connectivity index (χ1v) is 7.35. The van der Waals surface area contributed by atoms with Gasteiger partial charge in [-0.2, -0.15) is 0 Å². The molecular weight excluding hydrogens is 314 g/mol. The number of rotatable bonds is 1. The van der Waals surface area contributed by atoms with Gasteiger partial charge in [0.2, 0.25) is 0 Å². The van der Waals surface area contributed by atoms with E-state index >= 15 is 0 Å². The van der Waals surface area contributed by atoms with Crippen LogP contribution in [-0.4, -0.2) is 4.98 Å². The van der Waals surface area contributed by atoms with E-state index in [4.69, 9.17) is 11.6 Å². The molecule has 0 amide bonds. The molecule has 1 aliphatic rings. The number of benzene rings is 1. The molecule has 0 aliphatic heterocycles. The summed E-state index contributed by atoms with van der Waals surface area (Å²) in [7, 11) is 0. The third kappa shape index (κ3) is 1.99. The molecule has 1 aliphatic carbocycles. The van der Waals surface area contributed by atoms with Crippen LogP contribution in [0.15, 0.2) is 27.5 Å². The molecular formula is C14H13BrClNO. The molecule has 1 aromatic heterocycles. The molecule has 2 nitrogen and oxygen atoms in total. The molecule has 1 fully saturated rings. The van der Waals surface area contributed by atoms with E-state index < -0.39 is 0 Å². The first-order chi connectivity index (χ1) is 8.66. The van der Waals surface area contributed by atoms with Crippen molar-refractivity contribution >= 4 is 38.4 Å². The minimum atomic E-state index is 0.0417. The number of hydrogen-bond donors (Lipinski definition) is 1. The molecule has 0 saturated heterocycles. The van der Waals surface area contributed by atoms with Crippen molar-refractivity contribution < 1.29 is 0 Å². The second-order valence-corrected chi connectivity index (χ2v) is 6.11. The maximum atomic E-state index is 12.2. The Morgan fingerprint density at radius 2 is 2.00 bits per heavy atom. The van der Waals surface area contributed by atoms with Gasteiger partial charge in [0.05, 0.1) is 15.9 Å². The van der Waals surface area contributed by atoms with Crippen LogP contribution < -0.4 is 5.43 Å². The van der Waals surface area contributed by atoms with E-state index in [1.165, 1.54) is 12.8 Å². The molecule has 3 rings (SSSR count). The number of H-pyrrole nitrogens is 1. The summed E-state index contributed by atoms with van der Waals surface area (Å²) in [5.41, 5.74) is 1.82. The lowest BCUT2D eigenvalue weighted by Crippen LogP contribution is -2.08. The van der Waals surface area contributed by atoms with E-state index in [2.05, 4.69) is 20.9 Å². The lowest BCUT2D eigenvalue weighted by Gasteiger charge is -2.12. The monoisotopic (exact) mass is 325 g/mol. The highest BCUT2D eigenvalue weighted by atomic mass is 79.9. The summed E-state index contributed by atoms with van der Waals surface area (Å²) in [6.07, 6.45) is 4.81. The summed E-state index contributed by atoms with van der Waals surface area (Å²) < 4.78 is 0.793. The van der Waals surface area contributed by atoms with Gasteiger partial charge in [0.1, 0.15) is 0 Å². The zero-order chi connectivity index (χ0) is 12.7. The molecule has 18 heavy (non-hydrogen) atoms. The Morgan fingerprint density at radius 3 is 2.72 bits per heavy atom. The van der Waals surface area contributed by atoms with Crippen LogP contribution in [0, 0.1) is 0 Å². The molecule has 1 saturated carbocycles. The lowest BCUT2D eigenvalue weighted by molar-refractivity contribution is 0.700. The van der Waals surface area contributed by atoms with Crippen molar-refractivity contribution in [1.29, 1.82) is 0 Å². The Hall–Kier alpha value is -0.800. The number of aromatic amines is 1. The Labute approximate surface area is 118 Å². The quantitative estimate of drug-likeness (QED) is 0.816. The van der Waals surface area contributed by atoms with Crippen LogP contribution in [0.2, 0.25) is 5.02 Å². The van der Waals surface area contributed by atoms with Gasteiger partial charge in [-0.25, -0.2) is 0 Å². The highest BCUT2D eigenvalue weighted by Crippen LogP contribution is 2.34. The lowest BCUT2D eigenvalue weighted by atomic mass is 10.0. The van der Waals surface area contributed by atoms with Crippen molar-refractivity contribution in [2.75, 3.05) is 0 Å². The van der Waals surface area contributed by atoms with E-state index in [9.17, 15) is 4.79 Å². The fourth-order valence-electron chi connectivity index (χ4n) is 2.77. The number of pyridine rings is 1. The van der Waals surface area contributed by atoms with Crippen molar-refractivity contribution in [3.05, 3.63) is 43.6 Å². The van der Waals surface area contributed by atoms with Crippen molar-refractivity contribution in [2.24, 2.45) is 0 Å². The second kappa shape index (κ2) is 4.71. The predicted octanol–water partition coefficient (Wildman–Crippen LogP) is 4.60. The average Bonchev–Trinajstić information content (AvgIpc) is 2.87. The van der Waals surface area contributed by atoms with Crippen molar-refractivity contribution in [3.8, 4) is 0 Å². The average molecular weight is 327 g/mol. The minimum absolute atomic E-state index is 0.0417. The standard InChI is InChI=1S/C14H13BrClNO/c15-9-5-6-10(16)14-13(9)12(18)7-11(17-14)8-3-1-2-4-8/h5-8H,1-4H2,(H,17,18). The Balaban J connectivity index is 2.26. The Bertz CT molecular complexity index is 659. The van der Waals surface area contributed by atoms with E-state index in [1.807, 2.05) is 12.1 Å². The zero-order valence-corrected chi connectivity index (χ0v) is 12.1. The fourth-order valence-corrected chi connectivity index (χ4v) is 3.50. The zero-order valence-electron chi connectivity index (χ0n) is 9.80. The van der Waals surface area contributed by atoms with Gasteiger partial charge in [0.25, 0.3) is 0 Å². The summed E-state index contributed by atoms with van der Waals surface area (Å²) in [6, 6.07) is 5.36. The van der Waals surface area contributed by atoms with Gasteiger partial charge in [0, 0.05) is 16.2 Å². The van der Waals surface area contributed by atoms with Crippen LogP contribution in [0.4, 0.5) is 0 Å². The highest BCUT2D eigenvalue weighted by molar-refractivity contribution is 9.10. The molecule has 1 N–H and O–H groups in total. The minimum Gasteiger partial charge on any atom is -0.357 e. The largest absolute Gasteiger partial charge is 0.357 e. The first-order valence-electron chi connectivity index (χ1n) is 6.18. The third-order valence-electron chi connectivity index (χ3n) is 3.70. The maximum absolute atomic E-state index is 12.2. The summed E-state index contributed by atoms with van der Waals surface area (Å²) in [5.74, 6) is 0.483. The molecule has 1 heterocycles. The van der Waals surface area contributed by atoms with Crippen LogP contribution in [0.1, 0.15) is 37.3 Å². The number of fused-ring (bicyclic) bond motifs is 1. The molecule has 0 atom stereocenters. The van der Waals surface area contributed by atoms with E-state index in [-0.39, 0.29) is 5.43 Å². The predicted molar refractivity (Wildman–Crippen MR) is 78.5 cm³/mol. The van der Waals surface area contributed by atoms with Gasteiger partial charge >= 0.3 is 0 Å². The van der Waals surface area contributed by atoms with Gasteiger partial charge in [-0.1, -0.05) is 24.4 Å². The summed E-state index contributed by atoms with van der Waals surface area (Å²) in [4.78, 5) is 15.6. The van der Waals surface area contributed by atoms with Crippen LogP contribution >= 0.6 is 27.5 Å². The highest BCUT2D eigenvalue weighted by Gasteiger charge is 2.19. The molecule has 0 spiro atoms. The van der Waals surface area contributed by atoms with Crippen molar-refractivity contribution in [1.82, 2.24) is 4.98 Å². The fraction of sp³-hybridized carbons (Fsp3) is 0.357. The van der Waals surface area contributed by atoms with Gasteiger partial charge < -0.3 is 4.98 Å². The van der Waals surface area contributed by atoms with Crippen molar-refractivity contribution in [3.63, 3.8) is 0 Å². The van der Waals surface area contributed by atoms with Gasteiger partial charge in [-0.05, 0) is 46.8 Å². The van der Waals surface area contributed by atoms with Crippen LogP contribution in [0.25, 0.3) is 10.9 Å².